The minimum atomic E-state index is -0.710. The molecule has 2 heterocycles. The average molecular weight is 362 g/mol. The number of carbonyl (C=O) groups is 2. The molecule has 0 atom stereocenters. The quantitative estimate of drug-likeness (QED) is 0.386. The molecule has 24 heavy (non-hydrogen) atoms. The average Bonchev–Trinajstić information content (AvgIpc) is 2.53. The number of amides is 2. The van der Waals surface area contributed by atoms with Gasteiger partial charge in [-0.05, 0) is 54.7 Å². The molecule has 0 saturated carbocycles. The van der Waals surface area contributed by atoms with Crippen LogP contribution in [0.4, 0.5) is 10.1 Å². The van der Waals surface area contributed by atoms with E-state index in [1.165, 1.54) is 24.3 Å². The molecule has 1 aliphatic rings. The van der Waals surface area contributed by atoms with Crippen LogP contribution in [-0.4, -0.2) is 21.9 Å². The molecule has 0 bridgehead atoms. The van der Waals surface area contributed by atoms with E-state index >= 15 is 0 Å². The molecule has 3 rings (SSSR count). The van der Waals surface area contributed by atoms with Crippen molar-refractivity contribution in [1.82, 2.24) is 10.3 Å². The van der Waals surface area contributed by atoms with Gasteiger partial charge in [-0.15, -0.1) is 0 Å². The van der Waals surface area contributed by atoms with E-state index in [9.17, 15) is 14.0 Å². The van der Waals surface area contributed by atoms with Gasteiger partial charge in [-0.25, -0.2) is 4.98 Å². The molecule has 0 unspecified atom stereocenters. The molecule has 8 heteroatoms. The number of hydrogen-bond acceptors (Lipinski definition) is 4. The van der Waals surface area contributed by atoms with E-state index in [0.29, 0.717) is 10.7 Å². The van der Waals surface area contributed by atoms with Gasteiger partial charge in [0.2, 0.25) is 5.95 Å². The van der Waals surface area contributed by atoms with Gasteiger partial charge >= 0.3 is 0 Å². The second-order valence-electron chi connectivity index (χ2n) is 4.82. The maximum atomic E-state index is 13.2. The maximum Gasteiger partial charge on any atom is 0.270 e. The summed E-state index contributed by atoms with van der Waals surface area (Å²) in [6, 6.07) is 10.5. The van der Waals surface area contributed by atoms with Gasteiger partial charge in [0.1, 0.15) is 5.57 Å². The zero-order valence-electron chi connectivity index (χ0n) is 12.0. The van der Waals surface area contributed by atoms with E-state index in [0.717, 1.165) is 4.90 Å². The van der Waals surface area contributed by atoms with Crippen molar-refractivity contribution < 1.29 is 14.0 Å². The number of carbonyl (C=O) groups excluding carboxylic acids is 2. The van der Waals surface area contributed by atoms with Crippen molar-refractivity contribution in [2.45, 2.75) is 0 Å². The van der Waals surface area contributed by atoms with Crippen LogP contribution in [0.3, 0.4) is 0 Å². The second-order valence-corrected chi connectivity index (χ2v) is 5.64. The minimum Gasteiger partial charge on any atom is -0.298 e. The molecule has 1 N–H and O–H groups in total. The molecule has 1 aromatic carbocycles. The highest BCUT2D eigenvalue weighted by molar-refractivity contribution is 7.80. The summed E-state index contributed by atoms with van der Waals surface area (Å²) in [6.07, 6.45) is 1.21. The molecule has 0 radical (unpaired) electrons. The summed E-state index contributed by atoms with van der Waals surface area (Å²) in [6.45, 7) is 0. The molecular weight excluding hydrogens is 353 g/mol. The first kappa shape index (κ1) is 16.2. The molecule has 5 nitrogen and oxygen atoms in total. The zero-order valence-corrected chi connectivity index (χ0v) is 13.6. The Bertz CT molecular complexity index is 883. The van der Waals surface area contributed by atoms with Gasteiger partial charge in [-0.2, -0.15) is 4.39 Å². The van der Waals surface area contributed by atoms with Gasteiger partial charge in [-0.3, -0.25) is 19.8 Å². The van der Waals surface area contributed by atoms with Crippen LogP contribution in [-0.2, 0) is 9.59 Å². The number of nitrogens with zero attached hydrogens (tertiary/aromatic N) is 2. The van der Waals surface area contributed by atoms with Crippen LogP contribution in [0.25, 0.3) is 6.08 Å². The summed E-state index contributed by atoms with van der Waals surface area (Å²) in [7, 11) is 0. The Hall–Kier alpha value is -2.64. The van der Waals surface area contributed by atoms with Gasteiger partial charge in [-0.1, -0.05) is 17.7 Å². The van der Waals surface area contributed by atoms with Crippen LogP contribution < -0.4 is 10.2 Å². The Morgan fingerprint density at radius 1 is 1.17 bits per heavy atom. The van der Waals surface area contributed by atoms with E-state index in [4.69, 9.17) is 23.8 Å². The standard InChI is InChI=1S/C16H9ClFN3O2S/c17-9-4-6-11(7-5-9)21-15(23)12(14(22)20-16(21)24)8-10-2-1-3-13(18)19-10/h1-8H,(H,20,22,24)/b12-8+. The van der Waals surface area contributed by atoms with Crippen molar-refractivity contribution in [2.75, 3.05) is 4.90 Å². The maximum absolute atomic E-state index is 13.2. The molecule has 2 amide bonds. The molecule has 0 aliphatic carbocycles. The van der Waals surface area contributed by atoms with Crippen LogP contribution in [0.15, 0.2) is 48.0 Å². The smallest absolute Gasteiger partial charge is 0.270 e. The Labute approximate surface area is 146 Å². The van der Waals surface area contributed by atoms with Crippen LogP contribution in [0.2, 0.25) is 5.02 Å². The van der Waals surface area contributed by atoms with E-state index in [2.05, 4.69) is 10.3 Å². The fourth-order valence-electron chi connectivity index (χ4n) is 2.13. The summed E-state index contributed by atoms with van der Waals surface area (Å²) in [5, 5.41) is 2.89. The molecular formula is C16H9ClFN3O2S. The molecule has 2 aromatic rings. The van der Waals surface area contributed by atoms with Gasteiger partial charge in [0, 0.05) is 5.02 Å². The monoisotopic (exact) mass is 361 g/mol. The molecule has 0 spiro atoms. The predicted octanol–water partition coefficient (Wildman–Crippen LogP) is 2.71. The number of hydrogen-bond donors (Lipinski definition) is 1. The van der Waals surface area contributed by atoms with Crippen molar-refractivity contribution in [3.8, 4) is 0 Å². The summed E-state index contributed by atoms with van der Waals surface area (Å²) >= 11 is 10.9. The molecule has 1 aromatic heterocycles. The number of thiocarbonyl (C=S) groups is 1. The van der Waals surface area contributed by atoms with Crippen molar-refractivity contribution in [3.63, 3.8) is 0 Å². The van der Waals surface area contributed by atoms with E-state index in [1.807, 2.05) is 0 Å². The van der Waals surface area contributed by atoms with E-state index in [1.54, 1.807) is 24.3 Å². The number of rotatable bonds is 2. The van der Waals surface area contributed by atoms with Gasteiger partial charge < -0.3 is 0 Å². The molecule has 120 valence electrons. The Balaban J connectivity index is 2.01. The number of halogens is 2. The van der Waals surface area contributed by atoms with Gasteiger partial charge in [0.15, 0.2) is 5.11 Å². The van der Waals surface area contributed by atoms with Crippen molar-refractivity contribution in [1.29, 1.82) is 0 Å². The van der Waals surface area contributed by atoms with Crippen LogP contribution in [0.5, 0.6) is 0 Å². The first-order valence-electron chi connectivity index (χ1n) is 6.75. The van der Waals surface area contributed by atoms with Crippen LogP contribution in [0, 0.1) is 5.95 Å². The predicted molar refractivity (Wildman–Crippen MR) is 91.9 cm³/mol. The molecule has 1 fully saturated rings. The van der Waals surface area contributed by atoms with Gasteiger partial charge in [0.25, 0.3) is 11.8 Å². The zero-order chi connectivity index (χ0) is 17.3. The third-order valence-corrected chi connectivity index (χ3v) is 3.75. The first-order chi connectivity index (χ1) is 11.5. The largest absolute Gasteiger partial charge is 0.298 e. The second kappa shape index (κ2) is 6.46. The topological polar surface area (TPSA) is 62.3 Å². The number of nitrogens with one attached hydrogen (secondary N) is 1. The highest BCUT2D eigenvalue weighted by atomic mass is 35.5. The van der Waals surface area contributed by atoms with E-state index < -0.39 is 17.8 Å². The lowest BCUT2D eigenvalue weighted by molar-refractivity contribution is -0.122. The number of pyridine rings is 1. The third-order valence-electron chi connectivity index (χ3n) is 3.22. The molecule has 1 aliphatic heterocycles. The number of aromatic nitrogens is 1. The molecule has 1 saturated heterocycles. The normalized spacial score (nSPS) is 16.5. The number of benzene rings is 1. The Kier molecular flexibility index (Phi) is 4.37. The highest BCUT2D eigenvalue weighted by Gasteiger charge is 2.34. The summed E-state index contributed by atoms with van der Waals surface area (Å²) < 4.78 is 13.2. The van der Waals surface area contributed by atoms with E-state index in [-0.39, 0.29) is 16.4 Å². The van der Waals surface area contributed by atoms with Crippen LogP contribution in [0.1, 0.15) is 5.69 Å². The highest BCUT2D eigenvalue weighted by Crippen LogP contribution is 2.23. The van der Waals surface area contributed by atoms with Crippen LogP contribution >= 0.6 is 23.8 Å². The number of anilines is 1. The Morgan fingerprint density at radius 2 is 1.88 bits per heavy atom. The van der Waals surface area contributed by atoms with Crippen molar-refractivity contribution in [3.05, 3.63) is 64.7 Å². The SMILES string of the molecule is O=C1NC(=S)N(c2ccc(Cl)cc2)C(=O)/C1=C/c1cccc(F)n1. The summed E-state index contributed by atoms with van der Waals surface area (Å²) in [5.74, 6) is -2.00. The fraction of sp³-hybridized carbons (Fsp3) is 0. The Morgan fingerprint density at radius 3 is 2.54 bits per heavy atom. The summed E-state index contributed by atoms with van der Waals surface area (Å²) in [4.78, 5) is 29.5. The third kappa shape index (κ3) is 3.17. The van der Waals surface area contributed by atoms with Crippen molar-refractivity contribution >= 4 is 52.5 Å². The summed E-state index contributed by atoms with van der Waals surface area (Å²) in [5.41, 5.74) is 0.404. The van der Waals surface area contributed by atoms with Gasteiger partial charge in [0.05, 0.1) is 11.4 Å². The lowest BCUT2D eigenvalue weighted by Crippen LogP contribution is -2.54. The lowest BCUT2D eigenvalue weighted by atomic mass is 10.1. The first-order valence-corrected chi connectivity index (χ1v) is 7.54. The lowest BCUT2D eigenvalue weighted by Gasteiger charge is -2.28. The fourth-order valence-corrected chi connectivity index (χ4v) is 2.54. The van der Waals surface area contributed by atoms with Crippen molar-refractivity contribution in [2.24, 2.45) is 0 Å². The minimum absolute atomic E-state index is 0.0447.